The van der Waals surface area contributed by atoms with Crippen LogP contribution in [0.1, 0.15) is 43.7 Å². The lowest BCUT2D eigenvalue weighted by atomic mass is 9.90. The Bertz CT molecular complexity index is 818. The Morgan fingerprint density at radius 3 is 2.13 bits per heavy atom. The van der Waals surface area contributed by atoms with Gasteiger partial charge in [0.15, 0.2) is 5.78 Å². The zero-order valence-corrected chi connectivity index (χ0v) is 18.4. The summed E-state index contributed by atoms with van der Waals surface area (Å²) in [6.07, 6.45) is 4.67. The molecule has 2 aromatic rings. The number of nitrogens with zero attached hydrogens (tertiary/aromatic N) is 1. The molecule has 0 radical (unpaired) electrons. The number of benzene rings is 2. The van der Waals surface area contributed by atoms with E-state index in [4.69, 9.17) is 9.47 Å². The number of ether oxygens (including phenoxy) is 2. The van der Waals surface area contributed by atoms with Crippen LogP contribution in [0.3, 0.4) is 0 Å². The van der Waals surface area contributed by atoms with Gasteiger partial charge < -0.3 is 14.4 Å². The number of hydrogen-bond donors (Lipinski definition) is 0. The van der Waals surface area contributed by atoms with Gasteiger partial charge in [-0.15, -0.1) is 0 Å². The minimum Gasteiger partial charge on any atom is -0.463 e. The first-order valence-corrected chi connectivity index (χ1v) is 11.2. The summed E-state index contributed by atoms with van der Waals surface area (Å²) in [5.41, 5.74) is 0.109. The molecule has 2 aromatic carbocycles. The van der Waals surface area contributed by atoms with Crippen molar-refractivity contribution in [3.63, 3.8) is 0 Å². The van der Waals surface area contributed by atoms with Crippen molar-refractivity contribution < 1.29 is 19.1 Å². The van der Waals surface area contributed by atoms with E-state index in [0.717, 1.165) is 37.2 Å². The Labute approximate surface area is 185 Å². The van der Waals surface area contributed by atoms with E-state index in [0.29, 0.717) is 0 Å². The van der Waals surface area contributed by atoms with Crippen molar-refractivity contribution in [2.75, 3.05) is 26.2 Å². The predicted molar refractivity (Wildman–Crippen MR) is 121 cm³/mol. The first kappa shape index (κ1) is 23.2. The van der Waals surface area contributed by atoms with Gasteiger partial charge in [0.2, 0.25) is 5.60 Å². The Balaban J connectivity index is 1.67. The van der Waals surface area contributed by atoms with Crippen LogP contribution in [0.2, 0.25) is 0 Å². The molecular formula is C26H33NO4. The number of rotatable bonds is 11. The van der Waals surface area contributed by atoms with Crippen LogP contribution < -0.4 is 0 Å². The Morgan fingerprint density at radius 2 is 1.52 bits per heavy atom. The third-order valence-corrected chi connectivity index (χ3v) is 5.82. The average Bonchev–Trinajstić information content (AvgIpc) is 2.81. The molecule has 5 heteroatoms. The van der Waals surface area contributed by atoms with Gasteiger partial charge in [-0.3, -0.25) is 4.79 Å². The van der Waals surface area contributed by atoms with Crippen LogP contribution in [0.4, 0.5) is 0 Å². The number of esters is 1. The Kier molecular flexibility index (Phi) is 8.80. The lowest BCUT2D eigenvalue weighted by Crippen LogP contribution is -2.51. The number of Topliss-reactive ketones (excluding diaryl/α,β-unsaturated/α-hetero) is 1. The number of likely N-dealkylation sites (tertiary alicyclic amines) is 1. The Morgan fingerprint density at radius 1 is 0.903 bits per heavy atom. The molecule has 0 saturated carbocycles. The summed E-state index contributed by atoms with van der Waals surface area (Å²) in [4.78, 5) is 28.4. The average molecular weight is 424 g/mol. The van der Waals surface area contributed by atoms with Crippen LogP contribution >= 0.6 is 0 Å². The maximum Gasteiger partial charge on any atom is 0.346 e. The van der Waals surface area contributed by atoms with Crippen molar-refractivity contribution in [1.29, 1.82) is 0 Å². The van der Waals surface area contributed by atoms with Crippen LogP contribution in [-0.2, 0) is 32.1 Å². The standard InChI is InChI=1S/C26H33NO4/c1-22(28)26(20-23-12-5-2-6-13-23,31-21-24-14-7-3-8-15-24)25(29)30-19-11-18-27-16-9-4-10-17-27/h2-3,5-8,12-15H,4,9-11,16-21H2,1H3. The highest BCUT2D eigenvalue weighted by Gasteiger charge is 2.46. The number of hydrogen-bond acceptors (Lipinski definition) is 5. The minimum absolute atomic E-state index is 0.154. The van der Waals surface area contributed by atoms with E-state index in [9.17, 15) is 9.59 Å². The molecule has 166 valence electrons. The van der Waals surface area contributed by atoms with Crippen LogP contribution in [0, 0.1) is 0 Å². The van der Waals surface area contributed by atoms with Gasteiger partial charge in [0.05, 0.1) is 13.2 Å². The maximum absolute atomic E-state index is 13.2. The fourth-order valence-electron chi connectivity index (χ4n) is 3.97. The largest absolute Gasteiger partial charge is 0.463 e. The number of carbonyl (C=O) groups excluding carboxylic acids is 2. The zero-order chi connectivity index (χ0) is 21.9. The molecule has 0 amide bonds. The summed E-state index contributed by atoms with van der Waals surface area (Å²) < 4.78 is 11.7. The maximum atomic E-state index is 13.2. The molecule has 1 fully saturated rings. The molecule has 1 aliphatic rings. The van der Waals surface area contributed by atoms with Crippen molar-refractivity contribution in [2.45, 2.75) is 51.2 Å². The second kappa shape index (κ2) is 11.8. The molecule has 0 aromatic heterocycles. The van der Waals surface area contributed by atoms with E-state index >= 15 is 0 Å². The van der Waals surface area contributed by atoms with E-state index < -0.39 is 11.6 Å². The summed E-state index contributed by atoms with van der Waals surface area (Å²) in [5.74, 6) is -0.938. The summed E-state index contributed by atoms with van der Waals surface area (Å²) in [5, 5.41) is 0. The van der Waals surface area contributed by atoms with Crippen molar-refractivity contribution in [3.8, 4) is 0 Å². The van der Waals surface area contributed by atoms with Crippen molar-refractivity contribution >= 4 is 11.8 Å². The van der Waals surface area contributed by atoms with E-state index in [1.54, 1.807) is 0 Å². The molecule has 1 heterocycles. The van der Waals surface area contributed by atoms with Gasteiger partial charge in [0, 0.05) is 13.0 Å². The smallest absolute Gasteiger partial charge is 0.346 e. The van der Waals surface area contributed by atoms with Crippen molar-refractivity contribution in [2.24, 2.45) is 0 Å². The molecule has 3 rings (SSSR count). The van der Waals surface area contributed by atoms with Gasteiger partial charge in [-0.1, -0.05) is 67.1 Å². The summed E-state index contributed by atoms with van der Waals surface area (Å²) >= 11 is 0. The molecule has 0 spiro atoms. The molecule has 1 unspecified atom stereocenters. The fourth-order valence-corrected chi connectivity index (χ4v) is 3.97. The van der Waals surface area contributed by atoms with Gasteiger partial charge in [0.25, 0.3) is 0 Å². The van der Waals surface area contributed by atoms with Crippen molar-refractivity contribution in [3.05, 3.63) is 71.8 Å². The third kappa shape index (κ3) is 6.74. The molecule has 31 heavy (non-hydrogen) atoms. The van der Waals surface area contributed by atoms with Gasteiger partial charge in [-0.05, 0) is 50.4 Å². The molecule has 0 N–H and O–H groups in total. The van der Waals surface area contributed by atoms with E-state index in [1.807, 2.05) is 60.7 Å². The Hall–Kier alpha value is -2.50. The molecule has 1 saturated heterocycles. The fraction of sp³-hybridized carbons (Fsp3) is 0.462. The SMILES string of the molecule is CC(=O)C(Cc1ccccc1)(OCc1ccccc1)C(=O)OCCCN1CCCCC1. The van der Waals surface area contributed by atoms with Gasteiger partial charge in [-0.25, -0.2) is 4.79 Å². The van der Waals surface area contributed by atoms with Crippen molar-refractivity contribution in [1.82, 2.24) is 4.90 Å². The zero-order valence-electron chi connectivity index (χ0n) is 18.4. The second-order valence-corrected chi connectivity index (χ2v) is 8.21. The number of piperidine rings is 1. The first-order valence-electron chi connectivity index (χ1n) is 11.2. The van der Waals surface area contributed by atoms with E-state index in [-0.39, 0.29) is 25.4 Å². The number of carbonyl (C=O) groups is 2. The van der Waals surface area contributed by atoms with Gasteiger partial charge >= 0.3 is 5.97 Å². The van der Waals surface area contributed by atoms with Crippen LogP contribution in [-0.4, -0.2) is 48.5 Å². The molecule has 0 aliphatic carbocycles. The number of ketones is 1. The van der Waals surface area contributed by atoms with Crippen LogP contribution in [0.15, 0.2) is 60.7 Å². The highest BCUT2D eigenvalue weighted by Crippen LogP contribution is 2.24. The molecule has 0 bridgehead atoms. The summed E-state index contributed by atoms with van der Waals surface area (Å²) in [6.45, 7) is 4.98. The molecule has 5 nitrogen and oxygen atoms in total. The topological polar surface area (TPSA) is 55.8 Å². The van der Waals surface area contributed by atoms with Crippen LogP contribution in [0.25, 0.3) is 0 Å². The minimum atomic E-state index is -1.65. The lowest BCUT2D eigenvalue weighted by Gasteiger charge is -2.30. The monoisotopic (exact) mass is 423 g/mol. The van der Waals surface area contributed by atoms with E-state index in [1.165, 1.54) is 26.2 Å². The predicted octanol–water partition coefficient (Wildman–Crippen LogP) is 4.19. The summed E-state index contributed by atoms with van der Waals surface area (Å²) in [7, 11) is 0. The molecule has 1 atom stereocenters. The van der Waals surface area contributed by atoms with Gasteiger partial charge in [-0.2, -0.15) is 0 Å². The first-order chi connectivity index (χ1) is 15.1. The summed E-state index contributed by atoms with van der Waals surface area (Å²) in [6, 6.07) is 19.0. The van der Waals surface area contributed by atoms with Gasteiger partial charge in [0.1, 0.15) is 0 Å². The molecular weight excluding hydrogens is 390 g/mol. The second-order valence-electron chi connectivity index (χ2n) is 8.21. The quantitative estimate of drug-likeness (QED) is 0.308. The highest BCUT2D eigenvalue weighted by molar-refractivity contribution is 6.06. The van der Waals surface area contributed by atoms with E-state index in [2.05, 4.69) is 4.90 Å². The molecule has 1 aliphatic heterocycles. The third-order valence-electron chi connectivity index (χ3n) is 5.82. The van der Waals surface area contributed by atoms with Crippen LogP contribution in [0.5, 0.6) is 0 Å². The highest BCUT2D eigenvalue weighted by atomic mass is 16.6. The normalized spacial score (nSPS) is 16.4. The lowest BCUT2D eigenvalue weighted by molar-refractivity contribution is -0.179.